The van der Waals surface area contributed by atoms with Crippen LogP contribution in [0.3, 0.4) is 0 Å². The number of hydrogen-bond donors (Lipinski definition) is 1. The van der Waals surface area contributed by atoms with Crippen LogP contribution in [0.2, 0.25) is 0 Å². The van der Waals surface area contributed by atoms with Crippen LogP contribution in [0.4, 0.5) is 0 Å². The second kappa shape index (κ2) is 17.6. The molecule has 276 valence electrons. The summed E-state index contributed by atoms with van der Waals surface area (Å²) in [5, 5.41) is 13.2. The summed E-state index contributed by atoms with van der Waals surface area (Å²) in [6.45, 7) is 2.63. The van der Waals surface area contributed by atoms with Gasteiger partial charge in [0.2, 0.25) is 0 Å². The first-order chi connectivity index (χ1) is 27.3. The molecule has 8 aromatic carbocycles. The van der Waals surface area contributed by atoms with Gasteiger partial charge >= 0.3 is 5.97 Å². The van der Waals surface area contributed by atoms with E-state index in [0.717, 1.165) is 49.9 Å². The zero-order valence-electron chi connectivity index (χ0n) is 30.6. The number of carboxylic acids is 1. The van der Waals surface area contributed by atoms with Crippen molar-refractivity contribution in [2.45, 2.75) is 20.1 Å². The van der Waals surface area contributed by atoms with E-state index in [-0.39, 0.29) is 11.3 Å². The van der Waals surface area contributed by atoms with Crippen molar-refractivity contribution < 1.29 is 33.6 Å². The van der Waals surface area contributed by atoms with Crippen LogP contribution in [-0.2, 0) is 13.2 Å². The summed E-state index contributed by atoms with van der Waals surface area (Å²) >= 11 is 0. The topological polar surface area (TPSA) is 91.3 Å². The molecule has 7 nitrogen and oxygen atoms in total. The highest BCUT2D eigenvalue weighted by Crippen LogP contribution is 2.30. The quantitative estimate of drug-likeness (QED) is 0.125. The van der Waals surface area contributed by atoms with Gasteiger partial charge in [-0.1, -0.05) is 84.9 Å². The normalized spacial score (nSPS) is 10.6. The second-order valence-corrected chi connectivity index (χ2v) is 13.0. The number of rotatable bonds is 12. The smallest absolute Gasteiger partial charge is 0.335 e. The van der Waals surface area contributed by atoms with Gasteiger partial charge in [-0.05, 0) is 137 Å². The maximum Gasteiger partial charge on any atom is 0.335 e. The molecule has 0 aromatic heterocycles. The van der Waals surface area contributed by atoms with Crippen LogP contribution < -0.4 is 18.9 Å². The Bertz CT molecular complexity index is 2380. The predicted octanol–water partition coefficient (Wildman–Crippen LogP) is 12.3. The number of carbonyl (C=O) groups excluding carboxylic acids is 1. The zero-order valence-corrected chi connectivity index (χ0v) is 30.6. The number of ketones is 1. The maximum absolute atomic E-state index is 11.4. The number of fused-ring (bicyclic) bond motifs is 2. The molecule has 0 unspecified atom stereocenters. The van der Waals surface area contributed by atoms with Gasteiger partial charge in [-0.25, -0.2) is 4.79 Å². The first-order valence-corrected chi connectivity index (χ1v) is 18.1. The number of Topliss-reactive ketones (excluding diaryl/α,β-unsaturated/α-hetero) is 1. The minimum Gasteiger partial charge on any atom is -0.489 e. The number of carbonyl (C=O) groups is 2. The first-order valence-electron chi connectivity index (χ1n) is 18.1. The van der Waals surface area contributed by atoms with Gasteiger partial charge in [-0.3, -0.25) is 4.79 Å². The molecule has 56 heavy (non-hydrogen) atoms. The van der Waals surface area contributed by atoms with Crippen LogP contribution in [0.5, 0.6) is 34.5 Å². The Morgan fingerprint density at radius 3 is 1.12 bits per heavy atom. The molecule has 7 heteroatoms. The molecule has 0 saturated heterocycles. The number of ether oxygens (including phenoxy) is 4. The number of hydrogen-bond acceptors (Lipinski definition) is 6. The molecule has 8 rings (SSSR count). The Kier molecular flexibility index (Phi) is 11.6. The average Bonchev–Trinajstić information content (AvgIpc) is 3.23. The SMILES string of the molecule is CC(=O)c1ccc(Oc2ccc3cc(OCc4ccccc4)ccc3c2)cc1.O=C(O)c1ccc(Oc2ccc3cc(OCc4ccccc4)ccc3c2)cc1. The summed E-state index contributed by atoms with van der Waals surface area (Å²) in [6, 6.07) is 57.4. The van der Waals surface area contributed by atoms with Crippen molar-refractivity contribution in [3.05, 3.63) is 204 Å². The summed E-state index contributed by atoms with van der Waals surface area (Å²) in [7, 11) is 0. The third-order valence-electron chi connectivity index (χ3n) is 8.90. The molecule has 0 spiro atoms. The van der Waals surface area contributed by atoms with Gasteiger partial charge in [0.05, 0.1) is 5.56 Å². The van der Waals surface area contributed by atoms with E-state index in [1.807, 2.05) is 133 Å². The van der Waals surface area contributed by atoms with Crippen LogP contribution in [0, 0.1) is 0 Å². The summed E-state index contributed by atoms with van der Waals surface area (Å²) in [5.41, 5.74) is 3.17. The van der Waals surface area contributed by atoms with Crippen LogP contribution in [0.25, 0.3) is 21.5 Å². The first kappa shape index (κ1) is 37.0. The Morgan fingerprint density at radius 1 is 0.411 bits per heavy atom. The Hall–Kier alpha value is -7.38. The fourth-order valence-corrected chi connectivity index (χ4v) is 5.89. The van der Waals surface area contributed by atoms with Gasteiger partial charge in [0.15, 0.2) is 5.78 Å². The molecule has 0 atom stereocenters. The van der Waals surface area contributed by atoms with Crippen molar-refractivity contribution in [1.29, 1.82) is 0 Å². The fraction of sp³-hybridized carbons (Fsp3) is 0.0612. The van der Waals surface area contributed by atoms with E-state index < -0.39 is 5.97 Å². The van der Waals surface area contributed by atoms with Crippen LogP contribution in [0.1, 0.15) is 38.8 Å². The van der Waals surface area contributed by atoms with Gasteiger partial charge in [0.1, 0.15) is 47.7 Å². The molecule has 0 fully saturated rings. The van der Waals surface area contributed by atoms with Gasteiger partial charge in [-0.2, -0.15) is 0 Å². The molecule has 0 aliphatic heterocycles. The third kappa shape index (κ3) is 9.98. The molecular formula is C49H38O7. The molecule has 1 N–H and O–H groups in total. The van der Waals surface area contributed by atoms with E-state index in [9.17, 15) is 9.59 Å². The standard InChI is InChI=1S/C25H20O3.C24H18O4/c1-18(26)20-7-11-23(12-8-20)28-25-14-10-21-15-24(13-9-22(21)16-25)27-17-19-5-3-2-4-6-19;25-24(26)18-6-10-21(11-7-18)28-23-13-9-19-14-22(12-8-20(19)15-23)27-16-17-4-2-1-3-5-17/h2-16H,17H2,1H3;1-15H,16H2,(H,25,26). The fourth-order valence-electron chi connectivity index (χ4n) is 5.89. The molecule has 0 heterocycles. The van der Waals surface area contributed by atoms with Gasteiger partial charge in [0.25, 0.3) is 0 Å². The van der Waals surface area contributed by atoms with Gasteiger partial charge in [-0.15, -0.1) is 0 Å². The highest BCUT2D eigenvalue weighted by molar-refractivity contribution is 5.94. The average molecular weight is 739 g/mol. The van der Waals surface area contributed by atoms with Crippen molar-refractivity contribution in [2.75, 3.05) is 0 Å². The van der Waals surface area contributed by atoms with Gasteiger partial charge < -0.3 is 24.1 Å². The van der Waals surface area contributed by atoms with Crippen molar-refractivity contribution in [1.82, 2.24) is 0 Å². The lowest BCUT2D eigenvalue weighted by molar-refractivity contribution is 0.0696. The van der Waals surface area contributed by atoms with Crippen molar-refractivity contribution in [3.63, 3.8) is 0 Å². The summed E-state index contributed by atoms with van der Waals surface area (Å²) in [5.74, 6) is 3.47. The highest BCUT2D eigenvalue weighted by Gasteiger charge is 2.07. The Morgan fingerprint density at radius 2 is 0.750 bits per heavy atom. The molecule has 0 radical (unpaired) electrons. The molecule has 0 amide bonds. The lowest BCUT2D eigenvalue weighted by Gasteiger charge is -2.10. The van der Waals surface area contributed by atoms with Crippen LogP contribution in [0.15, 0.2) is 182 Å². The summed E-state index contributed by atoms with van der Waals surface area (Å²) in [4.78, 5) is 22.3. The zero-order chi connectivity index (χ0) is 38.7. The van der Waals surface area contributed by atoms with Gasteiger partial charge in [0, 0.05) is 5.56 Å². The number of benzene rings is 8. The number of aromatic carboxylic acids is 1. The van der Waals surface area contributed by atoms with E-state index in [4.69, 9.17) is 24.1 Å². The van der Waals surface area contributed by atoms with E-state index in [1.165, 1.54) is 12.1 Å². The lowest BCUT2D eigenvalue weighted by Crippen LogP contribution is -1.95. The highest BCUT2D eigenvalue weighted by atomic mass is 16.5. The molecule has 8 aromatic rings. The minimum absolute atomic E-state index is 0.0440. The predicted molar refractivity (Wildman–Crippen MR) is 219 cm³/mol. The van der Waals surface area contributed by atoms with Crippen LogP contribution in [-0.4, -0.2) is 16.9 Å². The Balaban J connectivity index is 0.000000172. The largest absolute Gasteiger partial charge is 0.489 e. The van der Waals surface area contributed by atoms with Crippen molar-refractivity contribution in [2.24, 2.45) is 0 Å². The summed E-state index contributed by atoms with van der Waals surface area (Å²) < 4.78 is 23.5. The third-order valence-corrected chi connectivity index (χ3v) is 8.90. The van der Waals surface area contributed by atoms with E-state index in [2.05, 4.69) is 0 Å². The van der Waals surface area contributed by atoms with E-state index in [1.54, 1.807) is 43.3 Å². The van der Waals surface area contributed by atoms with Crippen molar-refractivity contribution >= 4 is 33.3 Å². The summed E-state index contributed by atoms with van der Waals surface area (Å²) in [6.07, 6.45) is 0. The maximum atomic E-state index is 11.4. The van der Waals surface area contributed by atoms with E-state index >= 15 is 0 Å². The van der Waals surface area contributed by atoms with E-state index in [0.29, 0.717) is 36.0 Å². The van der Waals surface area contributed by atoms with Crippen molar-refractivity contribution in [3.8, 4) is 34.5 Å². The molecular weight excluding hydrogens is 701 g/mol. The lowest BCUT2D eigenvalue weighted by atomic mass is 10.1. The second-order valence-electron chi connectivity index (χ2n) is 13.0. The monoisotopic (exact) mass is 738 g/mol. The number of carboxylic acid groups (broad SMARTS) is 1. The molecule has 0 bridgehead atoms. The van der Waals surface area contributed by atoms with Crippen LogP contribution >= 0.6 is 0 Å². The minimum atomic E-state index is -0.956. The molecule has 0 aliphatic carbocycles. The molecule has 0 aliphatic rings. The Labute approximate surface area is 324 Å². The molecule has 0 saturated carbocycles.